The summed E-state index contributed by atoms with van der Waals surface area (Å²) in [5.74, 6) is 1.59. The third kappa shape index (κ3) is 1.91. The Labute approximate surface area is 98.4 Å². The van der Waals surface area contributed by atoms with E-state index < -0.39 is 0 Å². The van der Waals surface area contributed by atoms with E-state index in [-0.39, 0.29) is 0 Å². The van der Waals surface area contributed by atoms with E-state index in [4.69, 9.17) is 13.9 Å². The molecule has 88 valence electrons. The fourth-order valence-electron chi connectivity index (χ4n) is 1.76. The van der Waals surface area contributed by atoms with Crippen LogP contribution in [-0.4, -0.2) is 18.8 Å². The van der Waals surface area contributed by atoms with Crippen LogP contribution in [0.3, 0.4) is 0 Å². The van der Waals surface area contributed by atoms with Gasteiger partial charge in [-0.1, -0.05) is 6.07 Å². The summed E-state index contributed by atoms with van der Waals surface area (Å²) in [5, 5.41) is 2.85. The first-order valence-electron chi connectivity index (χ1n) is 5.36. The Bertz CT molecular complexity index is 536. The first kappa shape index (κ1) is 10.0. The molecule has 5 nitrogen and oxygen atoms in total. The van der Waals surface area contributed by atoms with Crippen LogP contribution in [0, 0.1) is 0 Å². The number of nitrogens with one attached hydrogen (secondary N) is 1. The monoisotopic (exact) mass is 232 g/mol. The molecule has 5 heteroatoms. The number of anilines is 1. The van der Waals surface area contributed by atoms with Crippen LogP contribution in [0.2, 0.25) is 0 Å². The van der Waals surface area contributed by atoms with E-state index in [1.807, 2.05) is 18.2 Å². The normalized spacial score (nSPS) is 12.8. The molecule has 2 heterocycles. The number of hydrogen-bond donors (Lipinski definition) is 1. The van der Waals surface area contributed by atoms with Crippen molar-refractivity contribution in [2.24, 2.45) is 0 Å². The molecule has 1 aliphatic rings. The lowest BCUT2D eigenvalue weighted by molar-refractivity contribution is 0.174. The predicted molar refractivity (Wildman–Crippen MR) is 61.4 cm³/mol. The molecule has 17 heavy (non-hydrogen) atoms. The SMILES string of the molecule is CNc1nc(Cc2ccc3c(c2)OCO3)co1. The van der Waals surface area contributed by atoms with Crippen LogP contribution in [0.4, 0.5) is 6.01 Å². The molecule has 0 saturated carbocycles. The zero-order chi connectivity index (χ0) is 11.7. The van der Waals surface area contributed by atoms with Crippen LogP contribution in [0.25, 0.3) is 0 Å². The van der Waals surface area contributed by atoms with Crippen molar-refractivity contribution < 1.29 is 13.9 Å². The van der Waals surface area contributed by atoms with Gasteiger partial charge in [0, 0.05) is 13.5 Å². The number of oxazole rings is 1. The van der Waals surface area contributed by atoms with Gasteiger partial charge in [-0.3, -0.25) is 0 Å². The third-order valence-corrected chi connectivity index (χ3v) is 2.59. The zero-order valence-electron chi connectivity index (χ0n) is 9.40. The maximum absolute atomic E-state index is 5.32. The van der Waals surface area contributed by atoms with E-state index in [1.54, 1.807) is 13.3 Å². The van der Waals surface area contributed by atoms with Gasteiger partial charge < -0.3 is 19.2 Å². The van der Waals surface area contributed by atoms with Crippen LogP contribution in [0.5, 0.6) is 11.5 Å². The Hall–Kier alpha value is -2.17. The lowest BCUT2D eigenvalue weighted by Gasteiger charge is -2.00. The summed E-state index contributed by atoms with van der Waals surface area (Å²) in [6, 6.07) is 6.41. The molecule has 0 amide bonds. The molecule has 0 fully saturated rings. The van der Waals surface area contributed by atoms with Crippen LogP contribution >= 0.6 is 0 Å². The number of rotatable bonds is 3. The van der Waals surface area contributed by atoms with Gasteiger partial charge in [-0.15, -0.1) is 0 Å². The summed E-state index contributed by atoms with van der Waals surface area (Å²) < 4.78 is 15.8. The number of benzene rings is 1. The number of aromatic nitrogens is 1. The molecule has 2 aromatic rings. The summed E-state index contributed by atoms with van der Waals surface area (Å²) in [4.78, 5) is 4.27. The first-order valence-corrected chi connectivity index (χ1v) is 5.36. The summed E-state index contributed by atoms with van der Waals surface area (Å²) in [5.41, 5.74) is 2.00. The second-order valence-corrected chi connectivity index (χ2v) is 3.76. The minimum Gasteiger partial charge on any atom is -0.454 e. The summed E-state index contributed by atoms with van der Waals surface area (Å²) >= 11 is 0. The molecule has 0 aliphatic carbocycles. The third-order valence-electron chi connectivity index (χ3n) is 2.59. The zero-order valence-corrected chi connectivity index (χ0v) is 9.40. The van der Waals surface area contributed by atoms with Crippen molar-refractivity contribution in [1.29, 1.82) is 0 Å². The lowest BCUT2D eigenvalue weighted by atomic mass is 10.1. The predicted octanol–water partition coefficient (Wildman–Crippen LogP) is 2.04. The van der Waals surface area contributed by atoms with Crippen molar-refractivity contribution >= 4 is 6.01 Å². The largest absolute Gasteiger partial charge is 0.454 e. The van der Waals surface area contributed by atoms with Gasteiger partial charge >= 0.3 is 0 Å². The van der Waals surface area contributed by atoms with Gasteiger partial charge in [0.2, 0.25) is 6.79 Å². The average molecular weight is 232 g/mol. The molecule has 3 rings (SSSR count). The van der Waals surface area contributed by atoms with E-state index in [0.717, 1.165) is 22.8 Å². The highest BCUT2D eigenvalue weighted by atomic mass is 16.7. The average Bonchev–Trinajstić information content (AvgIpc) is 2.96. The molecule has 0 saturated heterocycles. The quantitative estimate of drug-likeness (QED) is 0.877. The van der Waals surface area contributed by atoms with Gasteiger partial charge in [0.1, 0.15) is 6.26 Å². The Morgan fingerprint density at radius 2 is 2.18 bits per heavy atom. The number of hydrogen-bond acceptors (Lipinski definition) is 5. The van der Waals surface area contributed by atoms with Crippen molar-refractivity contribution in [1.82, 2.24) is 4.98 Å². The highest BCUT2D eigenvalue weighted by Gasteiger charge is 2.13. The van der Waals surface area contributed by atoms with Crippen molar-refractivity contribution in [3.8, 4) is 11.5 Å². The van der Waals surface area contributed by atoms with Crippen molar-refractivity contribution in [3.05, 3.63) is 35.7 Å². The van der Waals surface area contributed by atoms with Crippen LogP contribution in [0.1, 0.15) is 11.3 Å². The second kappa shape index (κ2) is 4.01. The van der Waals surface area contributed by atoms with E-state index in [2.05, 4.69) is 10.3 Å². The number of fused-ring (bicyclic) bond motifs is 1. The van der Waals surface area contributed by atoms with E-state index in [9.17, 15) is 0 Å². The molecule has 0 radical (unpaired) electrons. The van der Waals surface area contributed by atoms with Gasteiger partial charge in [-0.2, -0.15) is 4.98 Å². The Morgan fingerprint density at radius 3 is 3.00 bits per heavy atom. The molecule has 0 atom stereocenters. The molecule has 0 spiro atoms. The number of ether oxygens (including phenoxy) is 2. The molecular weight excluding hydrogens is 220 g/mol. The fraction of sp³-hybridized carbons (Fsp3) is 0.250. The van der Waals surface area contributed by atoms with E-state index >= 15 is 0 Å². The Kier molecular flexibility index (Phi) is 2.36. The van der Waals surface area contributed by atoms with Gasteiger partial charge in [0.05, 0.1) is 5.69 Å². The summed E-state index contributed by atoms with van der Waals surface area (Å²) in [7, 11) is 1.77. The number of nitrogens with zero attached hydrogens (tertiary/aromatic N) is 1. The smallest absolute Gasteiger partial charge is 0.294 e. The van der Waals surface area contributed by atoms with Crippen LogP contribution < -0.4 is 14.8 Å². The molecule has 0 bridgehead atoms. The molecule has 1 aliphatic heterocycles. The van der Waals surface area contributed by atoms with Gasteiger partial charge in [0.25, 0.3) is 6.01 Å². The Balaban J connectivity index is 1.80. The highest BCUT2D eigenvalue weighted by molar-refractivity contribution is 5.45. The van der Waals surface area contributed by atoms with E-state index in [0.29, 0.717) is 19.2 Å². The van der Waals surface area contributed by atoms with Crippen molar-refractivity contribution in [2.75, 3.05) is 19.2 Å². The first-order chi connectivity index (χ1) is 8.35. The lowest BCUT2D eigenvalue weighted by Crippen LogP contribution is -1.93. The topological polar surface area (TPSA) is 56.5 Å². The molecule has 1 N–H and O–H groups in total. The van der Waals surface area contributed by atoms with Crippen molar-refractivity contribution in [3.63, 3.8) is 0 Å². The van der Waals surface area contributed by atoms with Crippen molar-refractivity contribution in [2.45, 2.75) is 6.42 Å². The minimum atomic E-state index is 0.298. The van der Waals surface area contributed by atoms with Gasteiger partial charge in [0.15, 0.2) is 11.5 Å². The minimum absolute atomic E-state index is 0.298. The second-order valence-electron chi connectivity index (χ2n) is 3.76. The highest BCUT2D eigenvalue weighted by Crippen LogP contribution is 2.33. The molecule has 0 unspecified atom stereocenters. The molecule has 1 aromatic heterocycles. The summed E-state index contributed by atoms with van der Waals surface area (Å²) in [6.45, 7) is 0.298. The maximum atomic E-state index is 5.32. The Morgan fingerprint density at radius 1 is 1.29 bits per heavy atom. The van der Waals surface area contributed by atoms with Crippen LogP contribution in [0.15, 0.2) is 28.9 Å². The van der Waals surface area contributed by atoms with E-state index in [1.165, 1.54) is 0 Å². The maximum Gasteiger partial charge on any atom is 0.294 e. The summed E-state index contributed by atoms with van der Waals surface area (Å²) in [6.07, 6.45) is 2.36. The molecule has 1 aromatic carbocycles. The fourth-order valence-corrected chi connectivity index (χ4v) is 1.76. The van der Waals surface area contributed by atoms with Crippen LogP contribution in [-0.2, 0) is 6.42 Å². The van der Waals surface area contributed by atoms with Gasteiger partial charge in [-0.05, 0) is 17.7 Å². The molecular formula is C12H12N2O3. The van der Waals surface area contributed by atoms with Gasteiger partial charge in [-0.25, -0.2) is 0 Å². The standard InChI is InChI=1S/C12H12N2O3/c1-13-12-14-9(6-15-12)4-8-2-3-10-11(5-8)17-7-16-10/h2-3,5-6H,4,7H2,1H3,(H,13,14).